The van der Waals surface area contributed by atoms with Crippen LogP contribution in [0.25, 0.3) is 22.9 Å². The lowest BCUT2D eigenvalue weighted by Gasteiger charge is -2.24. The molecule has 45 heavy (non-hydrogen) atoms. The molecule has 3 N–H and O–H groups in total. The highest BCUT2D eigenvalue weighted by molar-refractivity contribution is 6.30. The van der Waals surface area contributed by atoms with Gasteiger partial charge in [-0.25, -0.2) is 4.79 Å². The second kappa shape index (κ2) is 15.0. The number of alkyl halides is 3. The first-order chi connectivity index (χ1) is 21.6. The molecule has 2 heterocycles. The van der Waals surface area contributed by atoms with Gasteiger partial charge in [0.05, 0.1) is 25.0 Å². The van der Waals surface area contributed by atoms with E-state index in [-0.39, 0.29) is 24.3 Å². The number of carbonyl (C=O) groups excluding carboxylic acids is 2. The van der Waals surface area contributed by atoms with Crippen LogP contribution < -0.4 is 16.0 Å². The van der Waals surface area contributed by atoms with Crippen molar-refractivity contribution in [3.8, 4) is 16.8 Å². The SMILES string of the molecule is C/C=C/CC(Nc1cc(NC(=O)OC)ccc1-c1ccnc(CNC(=O)/C=C/c2cc(Cl)ccc2-n2cnnn2)c1)C(F)(F)F. The Morgan fingerprint density at radius 1 is 1.13 bits per heavy atom. The summed E-state index contributed by atoms with van der Waals surface area (Å²) in [5, 5.41) is 19.4. The van der Waals surface area contributed by atoms with Crippen molar-refractivity contribution in [1.29, 1.82) is 0 Å². The highest BCUT2D eigenvalue weighted by Crippen LogP contribution is 2.35. The van der Waals surface area contributed by atoms with E-state index in [2.05, 4.69) is 41.2 Å². The summed E-state index contributed by atoms with van der Waals surface area (Å²) in [7, 11) is 1.18. The number of methoxy groups -OCH3 is 1. The minimum Gasteiger partial charge on any atom is -0.453 e. The lowest BCUT2D eigenvalue weighted by Crippen LogP contribution is -2.36. The van der Waals surface area contributed by atoms with E-state index in [1.165, 1.54) is 54.7 Å². The molecule has 2 aromatic heterocycles. The number of halogens is 4. The Morgan fingerprint density at radius 3 is 2.67 bits per heavy atom. The molecule has 0 spiro atoms. The van der Waals surface area contributed by atoms with Crippen molar-refractivity contribution >= 4 is 41.1 Å². The molecule has 2 amide bonds. The summed E-state index contributed by atoms with van der Waals surface area (Å²) in [5.74, 6) is -0.428. The fraction of sp³-hybridized carbons (Fsp3) is 0.200. The zero-order valence-electron chi connectivity index (χ0n) is 24.0. The van der Waals surface area contributed by atoms with E-state index >= 15 is 0 Å². The average Bonchev–Trinajstić information content (AvgIpc) is 3.55. The number of nitrogens with zero attached hydrogens (tertiary/aromatic N) is 5. The van der Waals surface area contributed by atoms with Crippen LogP contribution in [0.2, 0.25) is 5.02 Å². The molecule has 0 aliphatic carbocycles. The number of hydrogen-bond acceptors (Lipinski definition) is 8. The van der Waals surface area contributed by atoms with Crippen LogP contribution in [0, 0.1) is 0 Å². The van der Waals surface area contributed by atoms with E-state index in [0.29, 0.717) is 33.1 Å². The van der Waals surface area contributed by atoms with Crippen LogP contribution in [0.5, 0.6) is 0 Å². The van der Waals surface area contributed by atoms with Gasteiger partial charge in [0.25, 0.3) is 0 Å². The molecular weight excluding hydrogens is 613 g/mol. The molecule has 234 valence electrons. The Labute approximate surface area is 261 Å². The van der Waals surface area contributed by atoms with Crippen molar-refractivity contribution in [1.82, 2.24) is 30.5 Å². The minimum atomic E-state index is -4.55. The van der Waals surface area contributed by atoms with Crippen molar-refractivity contribution in [3.05, 3.63) is 95.6 Å². The minimum absolute atomic E-state index is 0.0314. The van der Waals surface area contributed by atoms with Crippen LogP contribution in [0.3, 0.4) is 0 Å². The Hall–Kier alpha value is -5.24. The maximum Gasteiger partial charge on any atom is 0.411 e. The largest absolute Gasteiger partial charge is 0.453 e. The van der Waals surface area contributed by atoms with Crippen molar-refractivity contribution in [2.75, 3.05) is 17.7 Å². The van der Waals surface area contributed by atoms with Gasteiger partial charge in [-0.05, 0) is 77.9 Å². The number of ether oxygens (including phenoxy) is 1. The zero-order valence-corrected chi connectivity index (χ0v) is 24.8. The number of allylic oxidation sites excluding steroid dienone is 1. The molecule has 1 unspecified atom stereocenters. The molecule has 0 saturated heterocycles. The number of aromatic nitrogens is 5. The Morgan fingerprint density at radius 2 is 1.96 bits per heavy atom. The van der Waals surface area contributed by atoms with Crippen molar-refractivity contribution < 1.29 is 27.5 Å². The van der Waals surface area contributed by atoms with Crippen LogP contribution >= 0.6 is 11.6 Å². The number of tetrazole rings is 1. The quantitative estimate of drug-likeness (QED) is 0.130. The number of hydrogen-bond donors (Lipinski definition) is 3. The maximum absolute atomic E-state index is 13.9. The van der Waals surface area contributed by atoms with Crippen LogP contribution in [0.4, 0.5) is 29.3 Å². The van der Waals surface area contributed by atoms with Gasteiger partial charge in [-0.1, -0.05) is 29.8 Å². The third-order valence-corrected chi connectivity index (χ3v) is 6.59. The summed E-state index contributed by atoms with van der Waals surface area (Å²) in [6, 6.07) is 10.9. The summed E-state index contributed by atoms with van der Waals surface area (Å²) in [4.78, 5) is 28.7. The fourth-order valence-electron chi connectivity index (χ4n) is 4.18. The van der Waals surface area contributed by atoms with E-state index in [1.807, 2.05) is 0 Å². The van der Waals surface area contributed by atoms with E-state index in [9.17, 15) is 22.8 Å². The predicted molar refractivity (Wildman–Crippen MR) is 164 cm³/mol. The molecule has 0 bridgehead atoms. The molecule has 11 nitrogen and oxygen atoms in total. The van der Waals surface area contributed by atoms with E-state index < -0.39 is 24.2 Å². The Balaban J connectivity index is 1.55. The first-order valence-corrected chi connectivity index (χ1v) is 13.8. The van der Waals surface area contributed by atoms with Crippen molar-refractivity contribution in [2.24, 2.45) is 0 Å². The number of benzene rings is 2. The van der Waals surface area contributed by atoms with Gasteiger partial charge in [-0.2, -0.15) is 17.9 Å². The summed E-state index contributed by atoms with van der Waals surface area (Å²) >= 11 is 6.13. The number of anilines is 2. The van der Waals surface area contributed by atoms with Crippen molar-refractivity contribution in [3.63, 3.8) is 0 Å². The van der Waals surface area contributed by atoms with E-state index in [4.69, 9.17) is 11.6 Å². The topological polar surface area (TPSA) is 136 Å². The molecule has 0 aliphatic heterocycles. The van der Waals surface area contributed by atoms with E-state index in [0.717, 1.165) is 0 Å². The normalized spacial score (nSPS) is 12.3. The monoisotopic (exact) mass is 640 g/mol. The standard InChI is InChI=1S/C30H28ClF3N8O3/c1-3-4-5-27(30(32,33)34)39-25-16-22(38-29(44)45-2)8-9-24(25)19-12-13-35-23(15-19)17-36-28(43)11-6-20-14-21(31)7-10-26(20)42-18-37-40-41-42/h3-4,6-16,18,27,39H,5,17H2,1-2H3,(H,36,43)(H,38,44)/b4-3+,11-6+. The third-order valence-electron chi connectivity index (χ3n) is 6.35. The van der Waals surface area contributed by atoms with Crippen LogP contribution in [-0.4, -0.2) is 56.5 Å². The molecule has 1 atom stereocenters. The fourth-order valence-corrected chi connectivity index (χ4v) is 4.36. The van der Waals surface area contributed by atoms with Gasteiger partial charge < -0.3 is 15.4 Å². The Kier molecular flexibility index (Phi) is 10.9. The van der Waals surface area contributed by atoms with E-state index in [1.54, 1.807) is 49.4 Å². The number of amides is 2. The van der Waals surface area contributed by atoms with Crippen LogP contribution in [0.1, 0.15) is 24.6 Å². The summed E-state index contributed by atoms with van der Waals surface area (Å²) in [6.07, 6.45) is 3.11. The second-order valence-corrected chi connectivity index (χ2v) is 9.90. The van der Waals surface area contributed by atoms with Gasteiger partial charge in [0.1, 0.15) is 12.4 Å². The molecular formula is C30H28ClF3N8O3. The molecule has 4 aromatic rings. The van der Waals surface area contributed by atoms with Crippen LogP contribution in [0.15, 0.2) is 79.3 Å². The molecule has 0 fully saturated rings. The third kappa shape index (κ3) is 9.13. The zero-order chi connectivity index (χ0) is 32.4. The number of pyridine rings is 1. The average molecular weight is 641 g/mol. The lowest BCUT2D eigenvalue weighted by atomic mass is 10.0. The molecule has 15 heteroatoms. The number of nitrogens with one attached hydrogen (secondary N) is 3. The Bertz CT molecular complexity index is 1690. The molecule has 0 radical (unpaired) electrons. The summed E-state index contributed by atoms with van der Waals surface area (Å²) in [6.45, 7) is 1.67. The maximum atomic E-state index is 13.9. The van der Waals surface area contributed by atoms with Gasteiger partial charge in [0, 0.05) is 39.8 Å². The molecule has 2 aromatic carbocycles. The molecule has 0 aliphatic rings. The lowest BCUT2D eigenvalue weighted by molar-refractivity contribution is -0.141. The van der Waals surface area contributed by atoms with Gasteiger partial charge in [0.2, 0.25) is 5.91 Å². The van der Waals surface area contributed by atoms with Gasteiger partial charge in [0.15, 0.2) is 0 Å². The predicted octanol–water partition coefficient (Wildman–Crippen LogP) is 6.19. The highest BCUT2D eigenvalue weighted by atomic mass is 35.5. The summed E-state index contributed by atoms with van der Waals surface area (Å²) in [5.41, 5.74) is 2.98. The van der Waals surface area contributed by atoms with Gasteiger partial charge >= 0.3 is 12.3 Å². The molecule has 0 saturated carbocycles. The number of carbonyl (C=O) groups is 2. The smallest absolute Gasteiger partial charge is 0.411 e. The summed E-state index contributed by atoms with van der Waals surface area (Å²) < 4.78 is 47.7. The molecule has 4 rings (SSSR count). The number of rotatable bonds is 11. The highest BCUT2D eigenvalue weighted by Gasteiger charge is 2.39. The second-order valence-electron chi connectivity index (χ2n) is 9.46. The van der Waals surface area contributed by atoms with Gasteiger partial charge in [-0.15, -0.1) is 5.10 Å². The van der Waals surface area contributed by atoms with Crippen LogP contribution in [-0.2, 0) is 16.1 Å². The first-order valence-electron chi connectivity index (χ1n) is 13.4. The van der Waals surface area contributed by atoms with Gasteiger partial charge in [-0.3, -0.25) is 15.1 Å². The first kappa shape index (κ1) is 32.7. The van der Waals surface area contributed by atoms with Crippen molar-refractivity contribution in [2.45, 2.75) is 32.1 Å².